The predicted octanol–water partition coefficient (Wildman–Crippen LogP) is 6.88. The molecule has 1 heterocycles. The number of carbonyl (C=O) groups excluding carboxylic acids is 5. The standard InChI is InChI=1S/C50H54N6O10S2/c1-3-38-29(2)27-56(46(38)57)50(61)51-23-22-30-16-19-36(20-17-30)67(62,63)54-49(60)53-45-41-15-7-10-33(41)26-43-35(18-21-42(43)45)28-66-47(58)34-11-4-12-37(25-34)68(64,65)55-48(59)52-44-39-13-5-8-31(39)24-32-9-6-14-40(32)44/h4,11-12,16-17,19-20,24-26,35H,3,5-10,13-15,18,21-23,27-28H2,1-2H3,(H,51,61)(H2,52,55,59)(H2,53,54,60). The van der Waals surface area contributed by atoms with Gasteiger partial charge >= 0.3 is 24.1 Å². The Bertz CT molecular complexity index is 3010. The third kappa shape index (κ3) is 9.35. The normalized spacial score (nSPS) is 17.1. The summed E-state index contributed by atoms with van der Waals surface area (Å²) in [6, 6.07) is 13.3. The van der Waals surface area contributed by atoms with Gasteiger partial charge < -0.3 is 20.7 Å². The van der Waals surface area contributed by atoms with E-state index in [9.17, 15) is 40.8 Å². The van der Waals surface area contributed by atoms with Crippen molar-refractivity contribution in [3.63, 3.8) is 0 Å². The van der Waals surface area contributed by atoms with Gasteiger partial charge in [0.05, 0.1) is 28.5 Å². The van der Waals surface area contributed by atoms with Crippen molar-refractivity contribution in [2.75, 3.05) is 30.3 Å². The minimum Gasteiger partial charge on any atom is -0.461 e. The van der Waals surface area contributed by atoms with Crippen LogP contribution in [-0.2, 0) is 80.9 Å². The van der Waals surface area contributed by atoms with E-state index in [-0.39, 0.29) is 46.9 Å². The summed E-state index contributed by atoms with van der Waals surface area (Å²) in [6.07, 6.45) is 9.82. The minimum absolute atomic E-state index is 0.00684. The summed E-state index contributed by atoms with van der Waals surface area (Å²) in [5, 5.41) is 8.42. The van der Waals surface area contributed by atoms with E-state index in [1.54, 1.807) is 12.1 Å². The molecule has 0 spiro atoms. The highest BCUT2D eigenvalue weighted by Crippen LogP contribution is 2.44. The molecule has 0 saturated carbocycles. The fourth-order valence-corrected chi connectivity index (χ4v) is 12.4. The van der Waals surface area contributed by atoms with Crippen molar-refractivity contribution in [3.05, 3.63) is 127 Å². The Hall–Kier alpha value is -6.53. The summed E-state index contributed by atoms with van der Waals surface area (Å²) >= 11 is 0. The smallest absolute Gasteiger partial charge is 0.338 e. The molecule has 0 bridgehead atoms. The van der Waals surface area contributed by atoms with Crippen molar-refractivity contribution >= 4 is 61.4 Å². The van der Waals surface area contributed by atoms with Gasteiger partial charge in [-0.3, -0.25) is 9.69 Å². The molecule has 68 heavy (non-hydrogen) atoms. The first-order chi connectivity index (χ1) is 32.6. The number of anilines is 2. The number of esters is 1. The van der Waals surface area contributed by atoms with Crippen LogP contribution in [0.4, 0.5) is 25.8 Å². The number of ether oxygens (including phenoxy) is 1. The highest BCUT2D eigenvalue weighted by atomic mass is 32.2. The Balaban J connectivity index is 0.799. The molecule has 0 aromatic heterocycles. The zero-order valence-electron chi connectivity index (χ0n) is 38.0. The average Bonchev–Trinajstić information content (AvgIpc) is 4.17. The summed E-state index contributed by atoms with van der Waals surface area (Å²) in [6.45, 7) is 4.17. The molecular formula is C50H54N6O10S2. The van der Waals surface area contributed by atoms with Crippen LogP contribution in [0.5, 0.6) is 0 Å². The second kappa shape index (κ2) is 18.9. The maximum absolute atomic E-state index is 13.4. The van der Waals surface area contributed by atoms with Crippen molar-refractivity contribution in [2.45, 2.75) is 113 Å². The van der Waals surface area contributed by atoms with Crippen molar-refractivity contribution in [1.29, 1.82) is 0 Å². The molecule has 4 aromatic carbocycles. The van der Waals surface area contributed by atoms with Crippen molar-refractivity contribution in [2.24, 2.45) is 0 Å². The number of sulfonamides is 2. The van der Waals surface area contributed by atoms with Crippen molar-refractivity contribution < 1.29 is 45.5 Å². The molecule has 4 aromatic rings. The van der Waals surface area contributed by atoms with Crippen LogP contribution in [0.3, 0.4) is 0 Å². The number of fused-ring (bicyclic) bond motifs is 4. The molecule has 356 valence electrons. The van der Waals surface area contributed by atoms with E-state index >= 15 is 0 Å². The highest BCUT2D eigenvalue weighted by molar-refractivity contribution is 7.90. The second-order valence-corrected chi connectivity index (χ2v) is 21.5. The van der Waals surface area contributed by atoms with E-state index in [0.717, 1.165) is 95.9 Å². The quantitative estimate of drug-likeness (QED) is 0.0873. The van der Waals surface area contributed by atoms with Gasteiger partial charge in [-0.2, -0.15) is 0 Å². The summed E-state index contributed by atoms with van der Waals surface area (Å²) in [7, 11) is -8.64. The van der Waals surface area contributed by atoms with Crippen LogP contribution in [-0.4, -0.2) is 71.4 Å². The number of nitrogens with one attached hydrogen (secondary N) is 5. The summed E-state index contributed by atoms with van der Waals surface area (Å²) < 4.78 is 63.6. The number of amides is 7. The number of nitrogens with zero attached hydrogens (tertiary/aromatic N) is 1. The highest BCUT2D eigenvalue weighted by Gasteiger charge is 2.34. The van der Waals surface area contributed by atoms with Gasteiger partial charge in [-0.25, -0.2) is 45.5 Å². The first kappa shape index (κ1) is 46.6. The van der Waals surface area contributed by atoms with Crippen LogP contribution in [0.15, 0.2) is 81.6 Å². The molecule has 5 N–H and O–H groups in total. The van der Waals surface area contributed by atoms with Gasteiger partial charge in [0.1, 0.15) is 0 Å². The van der Waals surface area contributed by atoms with Gasteiger partial charge in [0.2, 0.25) is 0 Å². The third-order valence-corrected chi connectivity index (χ3v) is 16.5. The lowest BCUT2D eigenvalue weighted by Gasteiger charge is -2.19. The van der Waals surface area contributed by atoms with Gasteiger partial charge in [0, 0.05) is 29.4 Å². The Labute approximate surface area is 395 Å². The van der Waals surface area contributed by atoms with E-state index in [2.05, 4.69) is 37.5 Å². The molecule has 1 unspecified atom stereocenters. The summed E-state index contributed by atoms with van der Waals surface area (Å²) in [4.78, 5) is 66.0. The lowest BCUT2D eigenvalue weighted by molar-refractivity contribution is -0.123. The molecule has 7 amide bonds. The third-order valence-electron chi connectivity index (χ3n) is 13.9. The fourth-order valence-electron chi connectivity index (χ4n) is 10.5. The van der Waals surface area contributed by atoms with Crippen LogP contribution >= 0.6 is 0 Å². The van der Waals surface area contributed by atoms with E-state index in [4.69, 9.17) is 4.74 Å². The molecule has 1 atom stereocenters. The number of imide groups is 1. The molecule has 16 nitrogen and oxygen atoms in total. The lowest BCUT2D eigenvalue weighted by atomic mass is 9.95. The predicted molar refractivity (Wildman–Crippen MR) is 254 cm³/mol. The zero-order chi connectivity index (χ0) is 47.9. The van der Waals surface area contributed by atoms with Gasteiger partial charge in [-0.15, -0.1) is 0 Å². The second-order valence-electron chi connectivity index (χ2n) is 18.2. The van der Waals surface area contributed by atoms with Crippen LogP contribution in [0, 0.1) is 0 Å². The van der Waals surface area contributed by atoms with Crippen LogP contribution < -0.4 is 25.4 Å². The summed E-state index contributed by atoms with van der Waals surface area (Å²) in [5.41, 5.74) is 11.7. The largest absolute Gasteiger partial charge is 0.461 e. The van der Waals surface area contributed by atoms with E-state index in [1.165, 1.54) is 52.4 Å². The Morgan fingerprint density at radius 3 is 1.90 bits per heavy atom. The molecule has 1 aliphatic heterocycles. The summed E-state index contributed by atoms with van der Waals surface area (Å²) in [5.74, 6) is -1.27. The topological polar surface area (TPSA) is 226 Å². The molecule has 4 aliphatic carbocycles. The van der Waals surface area contributed by atoms with Crippen LogP contribution in [0.1, 0.15) is 112 Å². The Kier molecular flexibility index (Phi) is 12.9. The number of carbonyl (C=O) groups is 5. The molecule has 0 radical (unpaired) electrons. The van der Waals surface area contributed by atoms with Crippen molar-refractivity contribution in [3.8, 4) is 0 Å². The number of rotatable bonds is 13. The zero-order valence-corrected chi connectivity index (χ0v) is 39.6. The van der Waals surface area contributed by atoms with Crippen molar-refractivity contribution in [1.82, 2.24) is 19.7 Å². The SMILES string of the molecule is CCC1=C(C)CN(C(=O)NCCc2ccc(S(=O)(=O)NC(=O)Nc3c4c(cc5c3CCC5COC(=O)c3cccc(S(=O)(=O)NC(=O)Nc5c6c(cc7c5CCC7)CCC6)c3)CCC4)cc2)C1=O. The van der Waals surface area contributed by atoms with Crippen LogP contribution in [0.25, 0.3) is 0 Å². The number of hydrogen-bond donors (Lipinski definition) is 5. The van der Waals surface area contributed by atoms with Gasteiger partial charge in [-0.05, 0) is 176 Å². The molecule has 0 fully saturated rings. The number of hydrogen-bond acceptors (Lipinski definition) is 10. The number of benzene rings is 4. The Morgan fingerprint density at radius 1 is 0.706 bits per heavy atom. The first-order valence-corrected chi connectivity index (χ1v) is 26.2. The molecule has 9 rings (SSSR count). The number of aryl methyl sites for hydroxylation is 3. The van der Waals surface area contributed by atoms with Gasteiger partial charge in [0.25, 0.3) is 26.0 Å². The van der Waals surface area contributed by atoms with E-state index < -0.39 is 44.1 Å². The maximum Gasteiger partial charge on any atom is 0.338 e. The van der Waals surface area contributed by atoms with Gasteiger partial charge in [-0.1, -0.05) is 37.3 Å². The van der Waals surface area contributed by atoms with Gasteiger partial charge in [0.15, 0.2) is 0 Å². The molecule has 5 aliphatic rings. The lowest BCUT2D eigenvalue weighted by Crippen LogP contribution is -2.42. The van der Waals surface area contributed by atoms with Crippen LogP contribution in [0.2, 0.25) is 0 Å². The monoisotopic (exact) mass is 962 g/mol. The van der Waals surface area contributed by atoms with E-state index in [1.807, 2.05) is 13.8 Å². The Morgan fingerprint density at radius 2 is 1.29 bits per heavy atom. The first-order valence-electron chi connectivity index (χ1n) is 23.3. The maximum atomic E-state index is 13.4. The minimum atomic E-state index is -4.37. The molecule has 18 heteroatoms. The number of urea groups is 3. The van der Waals surface area contributed by atoms with E-state index in [0.29, 0.717) is 49.1 Å². The molecular weight excluding hydrogens is 909 g/mol. The molecule has 0 saturated heterocycles. The average molecular weight is 963 g/mol. The fraction of sp³-hybridized carbons (Fsp3) is 0.380.